The standard InChI is InChI=1S/C18H36OSi/c1-11-14(4)16-15(13(2)3)12-20(19-16,17(5,6)7)18(8,9)10/h11,13,15-16H,12H2,1-10H3/b14-11+/t15-,16-/m1/s1. The molecule has 118 valence electrons. The van der Waals surface area contributed by atoms with Crippen LogP contribution >= 0.6 is 0 Å². The quantitative estimate of drug-likeness (QED) is 0.437. The Morgan fingerprint density at radius 3 is 1.85 bits per heavy atom. The third-order valence-corrected chi connectivity index (χ3v) is 12.0. The predicted molar refractivity (Wildman–Crippen MR) is 92.6 cm³/mol. The molecule has 0 aromatic carbocycles. The van der Waals surface area contributed by atoms with E-state index >= 15 is 0 Å². The third-order valence-electron chi connectivity index (χ3n) is 5.42. The molecule has 0 unspecified atom stereocenters. The minimum absolute atomic E-state index is 0.279. The maximum atomic E-state index is 6.98. The first-order valence-corrected chi connectivity index (χ1v) is 10.3. The molecule has 1 rings (SSSR count). The fraction of sp³-hybridized carbons (Fsp3) is 0.889. The first kappa shape index (κ1) is 18.0. The lowest BCUT2D eigenvalue weighted by atomic mass is 9.88. The zero-order valence-corrected chi connectivity index (χ0v) is 16.4. The summed E-state index contributed by atoms with van der Waals surface area (Å²) in [7, 11) is -1.84. The van der Waals surface area contributed by atoms with E-state index in [-0.39, 0.29) is 10.1 Å². The molecule has 1 aliphatic heterocycles. The molecular weight excluding hydrogens is 260 g/mol. The molecule has 2 atom stereocenters. The minimum Gasteiger partial charge on any atom is -0.409 e. The fourth-order valence-corrected chi connectivity index (χ4v) is 10.5. The number of hydrogen-bond donors (Lipinski definition) is 0. The van der Waals surface area contributed by atoms with Crippen LogP contribution in [0.5, 0.6) is 0 Å². The zero-order chi connectivity index (χ0) is 15.9. The van der Waals surface area contributed by atoms with Gasteiger partial charge in [-0.2, -0.15) is 0 Å². The van der Waals surface area contributed by atoms with Gasteiger partial charge in [0.15, 0.2) is 0 Å². The maximum absolute atomic E-state index is 6.98. The van der Waals surface area contributed by atoms with Crippen molar-refractivity contribution in [1.82, 2.24) is 0 Å². The number of rotatable bonds is 2. The lowest BCUT2D eigenvalue weighted by Crippen LogP contribution is -2.52. The molecule has 1 aliphatic rings. The Kier molecular flexibility index (Phi) is 5.03. The predicted octanol–water partition coefficient (Wildman–Crippen LogP) is 6.17. The van der Waals surface area contributed by atoms with Crippen LogP contribution in [0.15, 0.2) is 11.6 Å². The monoisotopic (exact) mass is 296 g/mol. The highest BCUT2D eigenvalue weighted by molar-refractivity contribution is 6.80. The van der Waals surface area contributed by atoms with Gasteiger partial charge in [0.2, 0.25) is 8.32 Å². The lowest BCUT2D eigenvalue weighted by molar-refractivity contribution is 0.170. The highest BCUT2D eigenvalue weighted by Crippen LogP contribution is 2.60. The third kappa shape index (κ3) is 2.92. The summed E-state index contributed by atoms with van der Waals surface area (Å²) in [6, 6.07) is 1.30. The fourth-order valence-electron chi connectivity index (χ4n) is 4.06. The van der Waals surface area contributed by atoms with Gasteiger partial charge < -0.3 is 4.43 Å². The molecule has 0 bridgehead atoms. The second-order valence-corrected chi connectivity index (χ2v) is 14.3. The van der Waals surface area contributed by atoms with Gasteiger partial charge in [0, 0.05) is 0 Å². The van der Waals surface area contributed by atoms with E-state index in [9.17, 15) is 0 Å². The topological polar surface area (TPSA) is 9.23 Å². The Morgan fingerprint density at radius 2 is 1.55 bits per heavy atom. The molecule has 0 saturated carbocycles. The molecule has 1 nitrogen and oxygen atoms in total. The van der Waals surface area contributed by atoms with Crippen molar-refractivity contribution in [1.29, 1.82) is 0 Å². The normalized spacial score (nSPS) is 28.2. The van der Waals surface area contributed by atoms with Crippen LogP contribution in [-0.2, 0) is 4.43 Å². The average Bonchev–Trinajstić information content (AvgIpc) is 2.68. The second kappa shape index (κ2) is 5.60. The maximum Gasteiger partial charge on any atom is 0.204 e. The van der Waals surface area contributed by atoms with Crippen molar-refractivity contribution in [3.63, 3.8) is 0 Å². The molecule has 0 spiro atoms. The van der Waals surface area contributed by atoms with Crippen LogP contribution in [0.25, 0.3) is 0 Å². The van der Waals surface area contributed by atoms with E-state index in [0.29, 0.717) is 17.9 Å². The molecule has 0 amide bonds. The highest BCUT2D eigenvalue weighted by atomic mass is 28.4. The first-order chi connectivity index (χ1) is 8.87. The van der Waals surface area contributed by atoms with Crippen molar-refractivity contribution in [3.05, 3.63) is 11.6 Å². The van der Waals surface area contributed by atoms with E-state index < -0.39 is 8.32 Å². The van der Waals surface area contributed by atoms with Gasteiger partial charge in [0.25, 0.3) is 0 Å². The molecule has 2 heteroatoms. The summed E-state index contributed by atoms with van der Waals surface area (Å²) in [5.41, 5.74) is 1.42. The van der Waals surface area contributed by atoms with Gasteiger partial charge >= 0.3 is 0 Å². The lowest BCUT2D eigenvalue weighted by Gasteiger charge is -2.48. The number of allylic oxidation sites excluding steroid dienone is 1. The molecule has 1 saturated heterocycles. The molecule has 0 aromatic heterocycles. The second-order valence-electron chi connectivity index (χ2n) is 9.01. The van der Waals surface area contributed by atoms with E-state index in [1.54, 1.807) is 0 Å². The van der Waals surface area contributed by atoms with Crippen molar-refractivity contribution in [2.45, 2.75) is 91.5 Å². The largest absolute Gasteiger partial charge is 0.409 e. The Labute approximate surface area is 128 Å². The van der Waals surface area contributed by atoms with Gasteiger partial charge in [-0.05, 0) is 47.4 Å². The molecule has 0 aromatic rings. The van der Waals surface area contributed by atoms with Gasteiger partial charge in [-0.3, -0.25) is 0 Å². The van der Waals surface area contributed by atoms with Crippen molar-refractivity contribution >= 4 is 8.32 Å². The Balaban J connectivity index is 3.32. The van der Waals surface area contributed by atoms with Crippen molar-refractivity contribution in [2.75, 3.05) is 0 Å². The van der Waals surface area contributed by atoms with Crippen LogP contribution in [0, 0.1) is 11.8 Å². The molecular formula is C18H36OSi. The highest BCUT2D eigenvalue weighted by Gasteiger charge is 2.62. The van der Waals surface area contributed by atoms with Crippen molar-refractivity contribution in [3.8, 4) is 0 Å². The minimum atomic E-state index is -1.84. The van der Waals surface area contributed by atoms with Crippen LogP contribution < -0.4 is 0 Å². The van der Waals surface area contributed by atoms with Gasteiger partial charge in [-0.15, -0.1) is 0 Å². The Hall–Kier alpha value is -0.0831. The van der Waals surface area contributed by atoms with Gasteiger partial charge in [-0.1, -0.05) is 61.5 Å². The van der Waals surface area contributed by atoms with Gasteiger partial charge in [0.05, 0.1) is 6.10 Å². The molecule has 0 radical (unpaired) electrons. The van der Waals surface area contributed by atoms with Crippen LogP contribution in [-0.4, -0.2) is 14.4 Å². The molecule has 20 heavy (non-hydrogen) atoms. The smallest absolute Gasteiger partial charge is 0.204 e. The van der Waals surface area contributed by atoms with Crippen molar-refractivity contribution < 1.29 is 4.43 Å². The average molecular weight is 297 g/mol. The van der Waals surface area contributed by atoms with Crippen molar-refractivity contribution in [2.24, 2.45) is 11.8 Å². The number of hydrogen-bond acceptors (Lipinski definition) is 1. The van der Waals surface area contributed by atoms with E-state index in [1.807, 2.05) is 0 Å². The van der Waals surface area contributed by atoms with E-state index in [1.165, 1.54) is 11.6 Å². The summed E-state index contributed by atoms with van der Waals surface area (Å²) in [5, 5.41) is 0.558. The summed E-state index contributed by atoms with van der Waals surface area (Å²) in [4.78, 5) is 0. The summed E-state index contributed by atoms with van der Waals surface area (Å²) >= 11 is 0. The van der Waals surface area contributed by atoms with E-state index in [4.69, 9.17) is 4.43 Å². The summed E-state index contributed by atoms with van der Waals surface area (Å²) < 4.78 is 6.98. The summed E-state index contributed by atoms with van der Waals surface area (Å²) in [6.45, 7) is 23.5. The first-order valence-electron chi connectivity index (χ1n) is 8.18. The summed E-state index contributed by atoms with van der Waals surface area (Å²) in [6.07, 6.45) is 2.58. The Bertz CT molecular complexity index is 354. The van der Waals surface area contributed by atoms with Crippen LogP contribution in [0.4, 0.5) is 0 Å². The van der Waals surface area contributed by atoms with E-state index in [2.05, 4.69) is 75.3 Å². The van der Waals surface area contributed by atoms with Gasteiger partial charge in [-0.25, -0.2) is 0 Å². The van der Waals surface area contributed by atoms with Gasteiger partial charge in [0.1, 0.15) is 0 Å². The van der Waals surface area contributed by atoms with Crippen LogP contribution in [0.1, 0.15) is 69.2 Å². The van der Waals surface area contributed by atoms with Crippen LogP contribution in [0.3, 0.4) is 0 Å². The Morgan fingerprint density at radius 1 is 1.10 bits per heavy atom. The molecule has 1 fully saturated rings. The molecule has 1 heterocycles. The van der Waals surface area contributed by atoms with E-state index in [0.717, 1.165) is 0 Å². The molecule has 0 aliphatic carbocycles. The SMILES string of the molecule is C/C=C(\C)[C@H]1O[Si](C(C)(C)C)(C(C)(C)C)C[C@@H]1C(C)C. The molecule has 0 N–H and O–H groups in total. The summed E-state index contributed by atoms with van der Waals surface area (Å²) in [5.74, 6) is 1.37. The van der Waals surface area contributed by atoms with Crippen LogP contribution in [0.2, 0.25) is 16.1 Å². The zero-order valence-electron chi connectivity index (χ0n) is 15.4.